The Hall–Kier alpha value is -0.320. The van der Waals surface area contributed by atoms with Gasteiger partial charge in [0.1, 0.15) is 0 Å². The lowest BCUT2D eigenvalue weighted by Gasteiger charge is -2.28. The van der Waals surface area contributed by atoms with Crippen LogP contribution in [-0.4, -0.2) is 177 Å². The second kappa shape index (κ2) is 27.7. The van der Waals surface area contributed by atoms with Gasteiger partial charge in [0.05, 0.1) is 19.8 Å². The maximum atomic E-state index is 5.22. The largest absolute Gasteiger partial charge is 0.380 e. The maximum Gasteiger partial charge on any atom is 0.0594 e. The van der Waals surface area contributed by atoms with Crippen LogP contribution in [0.2, 0.25) is 0 Å². The normalized spacial score (nSPS) is 22.8. The van der Waals surface area contributed by atoms with Crippen LogP contribution in [0.3, 0.4) is 0 Å². The molecule has 4 aliphatic heterocycles. The number of likely N-dealkylation sites (N-methyl/N-ethyl adjacent to an activating group) is 6. The van der Waals surface area contributed by atoms with Gasteiger partial charge in [-0.3, -0.25) is 0 Å². The predicted molar refractivity (Wildman–Crippen MR) is 163 cm³/mol. The molecule has 0 spiro atoms. The summed E-state index contributed by atoms with van der Waals surface area (Å²) in [5.41, 5.74) is 0. The van der Waals surface area contributed by atoms with Gasteiger partial charge in [-0.15, -0.1) is 0 Å². The molecule has 4 fully saturated rings. The van der Waals surface area contributed by atoms with Gasteiger partial charge in [0, 0.05) is 72.1 Å². The third-order valence-corrected chi connectivity index (χ3v) is 6.35. The Kier molecular flexibility index (Phi) is 32.9. The Bertz CT molecular complexity index is 391. The molecule has 0 radical (unpaired) electrons. The second-order valence-corrected chi connectivity index (χ2v) is 9.75. The first kappa shape index (κ1) is 42.8. The molecule has 0 aromatic carbocycles. The van der Waals surface area contributed by atoms with Gasteiger partial charge in [-0.1, -0.05) is 29.7 Å². The Morgan fingerprint density at radius 2 is 0.556 bits per heavy atom. The highest BCUT2D eigenvalue weighted by atomic mass is 16.5. The summed E-state index contributed by atoms with van der Waals surface area (Å²) in [5.74, 6) is 0. The first-order valence-corrected chi connectivity index (χ1v) is 12.6. The zero-order valence-corrected chi connectivity index (χ0v) is 22.2. The Labute approximate surface area is 228 Å². The third kappa shape index (κ3) is 25.3. The summed E-state index contributed by atoms with van der Waals surface area (Å²) in [6.07, 6.45) is 2.52. The molecule has 0 aromatic heterocycles. The van der Waals surface area contributed by atoms with Crippen molar-refractivity contribution in [3.8, 4) is 0 Å². The molecule has 8 nitrogen and oxygen atoms in total. The third-order valence-electron chi connectivity index (χ3n) is 6.35. The van der Waals surface area contributed by atoms with Crippen LogP contribution in [0.25, 0.3) is 0 Å². The highest BCUT2D eigenvalue weighted by Gasteiger charge is 2.08. The number of morpholine rings is 1. The van der Waals surface area contributed by atoms with Crippen molar-refractivity contribution >= 4 is 0 Å². The lowest BCUT2D eigenvalue weighted by molar-refractivity contribution is 0.0503. The molecule has 36 heavy (non-hydrogen) atoms. The smallest absolute Gasteiger partial charge is 0.0594 e. The van der Waals surface area contributed by atoms with Gasteiger partial charge in [-0.25, -0.2) is 0 Å². The molecule has 4 aliphatic rings. The molecule has 0 N–H and O–H groups in total. The summed E-state index contributed by atoms with van der Waals surface area (Å²) in [7, 11) is 13.0. The van der Waals surface area contributed by atoms with Crippen molar-refractivity contribution in [2.75, 3.05) is 147 Å². The molecule has 0 atom stereocenters. The topological polar surface area (TPSA) is 37.9 Å². The molecular weight excluding hydrogens is 452 g/mol. The first-order valence-electron chi connectivity index (χ1n) is 12.6. The Morgan fingerprint density at radius 3 is 0.917 bits per heavy atom. The van der Waals surface area contributed by atoms with Crippen molar-refractivity contribution in [3.63, 3.8) is 0 Å². The first-order chi connectivity index (χ1) is 15.4. The van der Waals surface area contributed by atoms with Crippen molar-refractivity contribution in [2.45, 2.75) is 42.5 Å². The molecule has 224 valence electrons. The van der Waals surface area contributed by atoms with E-state index >= 15 is 0 Å². The lowest BCUT2D eigenvalue weighted by atomic mass is 10.4. The van der Waals surface area contributed by atoms with Crippen molar-refractivity contribution in [3.05, 3.63) is 0 Å². The fourth-order valence-electron chi connectivity index (χ4n) is 3.61. The fraction of sp³-hybridized carbons (Fsp3) is 1.00. The van der Waals surface area contributed by atoms with Gasteiger partial charge in [0.2, 0.25) is 0 Å². The summed E-state index contributed by atoms with van der Waals surface area (Å²) < 4.78 is 10.3. The van der Waals surface area contributed by atoms with E-state index in [9.17, 15) is 0 Å². The number of hydrogen-bond donors (Lipinski definition) is 0. The summed E-state index contributed by atoms with van der Waals surface area (Å²) >= 11 is 0. The predicted octanol–water partition coefficient (Wildman–Crippen LogP) is 2.95. The van der Waals surface area contributed by atoms with Crippen LogP contribution in [0.5, 0.6) is 0 Å². The molecule has 0 amide bonds. The van der Waals surface area contributed by atoms with Crippen molar-refractivity contribution in [1.29, 1.82) is 0 Å². The second-order valence-electron chi connectivity index (χ2n) is 9.75. The van der Waals surface area contributed by atoms with Crippen LogP contribution in [-0.2, 0) is 9.47 Å². The van der Waals surface area contributed by atoms with E-state index in [0.29, 0.717) is 0 Å². The van der Waals surface area contributed by atoms with E-state index in [-0.39, 0.29) is 29.7 Å². The van der Waals surface area contributed by atoms with Gasteiger partial charge >= 0.3 is 0 Å². The molecule has 4 heterocycles. The van der Waals surface area contributed by atoms with Gasteiger partial charge in [0.25, 0.3) is 0 Å². The highest BCUT2D eigenvalue weighted by Crippen LogP contribution is 1.97. The number of ether oxygens (including phenoxy) is 2. The average Bonchev–Trinajstić information content (AvgIpc) is 3.14. The summed E-state index contributed by atoms with van der Waals surface area (Å²) in [6, 6.07) is 0. The molecule has 4 saturated heterocycles. The van der Waals surface area contributed by atoms with E-state index in [1.165, 1.54) is 71.7 Å². The summed E-state index contributed by atoms with van der Waals surface area (Å²) in [5, 5.41) is 0. The van der Waals surface area contributed by atoms with Gasteiger partial charge in [-0.05, 0) is 68.2 Å². The van der Waals surface area contributed by atoms with E-state index < -0.39 is 0 Å². The van der Waals surface area contributed by atoms with Gasteiger partial charge in [-0.2, -0.15) is 0 Å². The Morgan fingerprint density at radius 1 is 0.306 bits per heavy atom. The average molecular weight is 523 g/mol. The minimum Gasteiger partial charge on any atom is -0.380 e. The van der Waals surface area contributed by atoms with E-state index in [1.54, 1.807) is 0 Å². The van der Waals surface area contributed by atoms with E-state index in [0.717, 1.165) is 46.1 Å². The quantitative estimate of drug-likeness (QED) is 0.481. The van der Waals surface area contributed by atoms with Gasteiger partial charge in [0.15, 0.2) is 0 Å². The fourth-order valence-corrected chi connectivity index (χ4v) is 3.61. The summed E-state index contributed by atoms with van der Waals surface area (Å²) in [4.78, 5) is 14.1. The molecule has 4 rings (SSSR count). The molecule has 0 saturated carbocycles. The van der Waals surface area contributed by atoms with E-state index in [2.05, 4.69) is 71.7 Å². The van der Waals surface area contributed by atoms with Crippen LogP contribution in [0.15, 0.2) is 0 Å². The van der Waals surface area contributed by atoms with Gasteiger partial charge < -0.3 is 38.9 Å². The van der Waals surface area contributed by atoms with Crippen LogP contribution in [0.4, 0.5) is 0 Å². The van der Waals surface area contributed by atoms with Crippen LogP contribution >= 0.6 is 0 Å². The Balaban J connectivity index is -0.000000183. The monoisotopic (exact) mass is 523 g/mol. The molecule has 0 aromatic rings. The number of hydrogen-bond acceptors (Lipinski definition) is 8. The standard InChI is InChI=1S/C7H16N2.C6H14N2.C6H13NO.C5H11NO.4CH4/c1-8-4-3-5-9(2)7-6-8;1-7-3-5-8(2)6-4-7;1-7-3-2-5-8-6-4-7;1-6-2-4-7-5-3-6;;;;/h3-7H2,1-2H3;3-6H2,1-2H3;2-6H2,1H3;2-5H2,1H3;4*1H4. The molecule has 0 unspecified atom stereocenters. The van der Waals surface area contributed by atoms with Crippen LogP contribution < -0.4 is 0 Å². The number of nitrogens with zero attached hydrogens (tertiary/aromatic N) is 6. The minimum absolute atomic E-state index is 0. The lowest BCUT2D eigenvalue weighted by Crippen LogP contribution is -2.42. The highest BCUT2D eigenvalue weighted by molar-refractivity contribution is 4.65. The van der Waals surface area contributed by atoms with Crippen molar-refractivity contribution < 1.29 is 9.47 Å². The molecule has 8 heteroatoms. The minimum atomic E-state index is 0. The van der Waals surface area contributed by atoms with Crippen LogP contribution in [0.1, 0.15) is 42.5 Å². The van der Waals surface area contributed by atoms with Crippen LogP contribution in [0, 0.1) is 0 Å². The summed E-state index contributed by atoms with van der Waals surface area (Å²) in [6.45, 7) is 18.1. The zero-order valence-electron chi connectivity index (χ0n) is 22.2. The molecule has 0 aliphatic carbocycles. The maximum absolute atomic E-state index is 5.22. The molecule has 0 bridgehead atoms. The van der Waals surface area contributed by atoms with Crippen molar-refractivity contribution in [2.24, 2.45) is 0 Å². The SMILES string of the molecule is C.C.C.C.CN1CCCN(C)CC1.CN1CCCOCC1.CN1CCN(C)CC1.CN1CCOCC1. The van der Waals surface area contributed by atoms with Crippen molar-refractivity contribution in [1.82, 2.24) is 29.4 Å². The zero-order chi connectivity index (χ0) is 23.6. The molecular formula is C28H70N6O2. The van der Waals surface area contributed by atoms with E-state index in [4.69, 9.17) is 9.47 Å². The number of rotatable bonds is 0. The van der Waals surface area contributed by atoms with E-state index in [1.807, 2.05) is 0 Å². The number of piperazine rings is 1.